The van der Waals surface area contributed by atoms with Crippen LogP contribution < -0.4 is 0 Å². The first kappa shape index (κ1) is 18.6. The second-order valence-electron chi connectivity index (χ2n) is 6.06. The molecule has 2 heterocycles. The van der Waals surface area contributed by atoms with Crippen molar-refractivity contribution in [3.8, 4) is 0 Å². The molecule has 0 radical (unpaired) electrons. The normalized spacial score (nSPS) is 24.6. The summed E-state index contributed by atoms with van der Waals surface area (Å²) in [4.78, 5) is 38.9. The number of β-amino-alcohol motifs (C(OH)–C–C–N with tert-alkyl or cyclic N) is 1. The second-order valence-corrected chi connectivity index (χ2v) is 7.74. The lowest BCUT2D eigenvalue weighted by atomic mass is 10.1. The maximum absolute atomic E-state index is 12.6. The number of rotatable bonds is 3. The molecule has 0 aliphatic carbocycles. The molecule has 0 bridgehead atoms. The molecule has 3 rings (SSSR count). The van der Waals surface area contributed by atoms with E-state index in [4.69, 9.17) is 12.2 Å². The van der Waals surface area contributed by atoms with Gasteiger partial charge in [0.2, 0.25) is 0 Å². The highest BCUT2D eigenvalue weighted by Gasteiger charge is 2.39. The van der Waals surface area contributed by atoms with E-state index in [0.717, 1.165) is 5.56 Å². The van der Waals surface area contributed by atoms with Crippen LogP contribution in [0.2, 0.25) is 0 Å². The summed E-state index contributed by atoms with van der Waals surface area (Å²) in [5.41, 5.74) is 1.05. The van der Waals surface area contributed by atoms with E-state index in [-0.39, 0.29) is 18.9 Å². The van der Waals surface area contributed by atoms with Gasteiger partial charge in [0.05, 0.1) is 11.0 Å². The summed E-state index contributed by atoms with van der Waals surface area (Å²) in [5, 5.41) is 18.9. The standard InChI is InChI=1S/C17H16N2O5S2/c1-18-15(22)13(26-17(18)25)6-9-2-4-10(5-3-9)14(21)19-8-11(20)7-12(19)16(23)24/h2-6,11-12,20H,7-8H2,1H3,(H,23,24)/b13-6+/t11-,12+/m0/s1. The highest BCUT2D eigenvalue weighted by atomic mass is 32.2. The van der Waals surface area contributed by atoms with Crippen LogP contribution in [0.3, 0.4) is 0 Å². The van der Waals surface area contributed by atoms with Crippen LogP contribution in [0.15, 0.2) is 29.2 Å². The van der Waals surface area contributed by atoms with E-state index in [2.05, 4.69) is 0 Å². The molecular formula is C17H16N2O5S2. The van der Waals surface area contributed by atoms with E-state index in [1.807, 2.05) is 0 Å². The van der Waals surface area contributed by atoms with Gasteiger partial charge in [-0.25, -0.2) is 4.79 Å². The van der Waals surface area contributed by atoms with Crippen LogP contribution in [-0.2, 0) is 9.59 Å². The van der Waals surface area contributed by atoms with Gasteiger partial charge in [0.1, 0.15) is 10.4 Å². The molecule has 26 heavy (non-hydrogen) atoms. The maximum Gasteiger partial charge on any atom is 0.326 e. The Morgan fingerprint density at radius 1 is 1.31 bits per heavy atom. The molecule has 2 aliphatic rings. The van der Waals surface area contributed by atoms with Crippen molar-refractivity contribution in [1.82, 2.24) is 9.80 Å². The number of carboxylic acids is 1. The van der Waals surface area contributed by atoms with E-state index < -0.39 is 24.0 Å². The zero-order valence-corrected chi connectivity index (χ0v) is 15.4. The zero-order valence-electron chi connectivity index (χ0n) is 13.8. The van der Waals surface area contributed by atoms with Gasteiger partial charge in [-0.15, -0.1) is 0 Å². The number of carbonyl (C=O) groups excluding carboxylic acids is 2. The molecule has 0 spiro atoms. The molecule has 2 saturated heterocycles. The topological polar surface area (TPSA) is 98.2 Å². The first-order valence-electron chi connectivity index (χ1n) is 7.81. The summed E-state index contributed by atoms with van der Waals surface area (Å²) in [6.07, 6.45) is 0.879. The number of likely N-dealkylation sites (tertiary alicyclic amines) is 1. The Morgan fingerprint density at radius 3 is 2.50 bits per heavy atom. The summed E-state index contributed by atoms with van der Waals surface area (Å²) in [5.74, 6) is -1.75. The number of aliphatic hydroxyl groups is 1. The summed E-state index contributed by atoms with van der Waals surface area (Å²) < 4.78 is 0.486. The van der Waals surface area contributed by atoms with Gasteiger partial charge in [0.25, 0.3) is 11.8 Å². The minimum absolute atomic E-state index is 0.00345. The van der Waals surface area contributed by atoms with Gasteiger partial charge in [0.15, 0.2) is 0 Å². The van der Waals surface area contributed by atoms with Crippen LogP contribution in [0.4, 0.5) is 0 Å². The Balaban J connectivity index is 1.78. The molecule has 2 amide bonds. The van der Waals surface area contributed by atoms with E-state index in [9.17, 15) is 24.6 Å². The number of carboxylic acid groups (broad SMARTS) is 1. The smallest absolute Gasteiger partial charge is 0.326 e. The fourth-order valence-corrected chi connectivity index (χ4v) is 4.04. The fourth-order valence-electron chi connectivity index (χ4n) is 2.86. The lowest BCUT2D eigenvalue weighted by molar-refractivity contribution is -0.141. The summed E-state index contributed by atoms with van der Waals surface area (Å²) in [6.45, 7) is -0.00345. The van der Waals surface area contributed by atoms with Crippen molar-refractivity contribution in [2.75, 3.05) is 13.6 Å². The van der Waals surface area contributed by atoms with Crippen LogP contribution in [0.5, 0.6) is 0 Å². The highest BCUT2D eigenvalue weighted by molar-refractivity contribution is 8.26. The molecule has 0 unspecified atom stereocenters. The molecule has 2 N–H and O–H groups in total. The van der Waals surface area contributed by atoms with Crippen molar-refractivity contribution in [3.05, 3.63) is 40.3 Å². The number of aliphatic hydroxyl groups excluding tert-OH is 1. The van der Waals surface area contributed by atoms with Crippen molar-refractivity contribution in [3.63, 3.8) is 0 Å². The number of nitrogens with zero attached hydrogens (tertiary/aromatic N) is 2. The van der Waals surface area contributed by atoms with Crippen molar-refractivity contribution < 1.29 is 24.6 Å². The quantitative estimate of drug-likeness (QED) is 0.589. The Morgan fingerprint density at radius 2 is 1.96 bits per heavy atom. The van der Waals surface area contributed by atoms with Crippen molar-refractivity contribution >= 4 is 52.2 Å². The summed E-state index contributed by atoms with van der Waals surface area (Å²) >= 11 is 6.29. The molecule has 9 heteroatoms. The van der Waals surface area contributed by atoms with Gasteiger partial charge in [-0.3, -0.25) is 14.5 Å². The number of thioether (sulfide) groups is 1. The predicted molar refractivity (Wildman–Crippen MR) is 100 cm³/mol. The maximum atomic E-state index is 12.6. The molecule has 2 fully saturated rings. The van der Waals surface area contributed by atoms with Gasteiger partial charge in [-0.05, 0) is 23.8 Å². The van der Waals surface area contributed by atoms with Crippen LogP contribution in [0, 0.1) is 0 Å². The van der Waals surface area contributed by atoms with Crippen LogP contribution in [0.25, 0.3) is 6.08 Å². The Hall–Kier alpha value is -2.23. The van der Waals surface area contributed by atoms with Gasteiger partial charge < -0.3 is 15.1 Å². The predicted octanol–water partition coefficient (Wildman–Crippen LogP) is 1.18. The third-order valence-electron chi connectivity index (χ3n) is 4.27. The molecule has 1 aromatic carbocycles. The molecule has 7 nitrogen and oxygen atoms in total. The van der Waals surface area contributed by atoms with E-state index in [1.165, 1.54) is 21.6 Å². The van der Waals surface area contributed by atoms with Gasteiger partial charge >= 0.3 is 5.97 Å². The van der Waals surface area contributed by atoms with Crippen molar-refractivity contribution in [2.45, 2.75) is 18.6 Å². The molecule has 1 aromatic rings. The number of hydrogen-bond donors (Lipinski definition) is 2. The van der Waals surface area contributed by atoms with Crippen LogP contribution in [-0.4, -0.2) is 67.9 Å². The van der Waals surface area contributed by atoms with E-state index >= 15 is 0 Å². The molecule has 0 aromatic heterocycles. The Bertz CT molecular complexity index is 821. The second kappa shape index (κ2) is 7.18. The third-order valence-corrected chi connectivity index (χ3v) is 5.75. The first-order valence-corrected chi connectivity index (χ1v) is 9.04. The first-order chi connectivity index (χ1) is 12.3. The number of likely N-dealkylation sites (N-methyl/N-ethyl adjacent to an activating group) is 1. The van der Waals surface area contributed by atoms with Gasteiger partial charge in [-0.2, -0.15) is 0 Å². The molecule has 2 aliphatic heterocycles. The molecule has 0 saturated carbocycles. The Labute approximate surface area is 159 Å². The summed E-state index contributed by atoms with van der Waals surface area (Å²) in [6, 6.07) is 5.48. The highest BCUT2D eigenvalue weighted by Crippen LogP contribution is 2.31. The van der Waals surface area contributed by atoms with Gasteiger partial charge in [-0.1, -0.05) is 36.1 Å². The van der Waals surface area contributed by atoms with Crippen molar-refractivity contribution in [2.24, 2.45) is 0 Å². The summed E-state index contributed by atoms with van der Waals surface area (Å²) in [7, 11) is 1.61. The van der Waals surface area contributed by atoms with Crippen LogP contribution in [0.1, 0.15) is 22.3 Å². The Kier molecular flexibility index (Phi) is 5.12. The number of thiocarbonyl (C=S) groups is 1. The van der Waals surface area contributed by atoms with Crippen LogP contribution >= 0.6 is 24.0 Å². The monoisotopic (exact) mass is 392 g/mol. The number of carbonyl (C=O) groups is 3. The van der Waals surface area contributed by atoms with Crippen molar-refractivity contribution in [1.29, 1.82) is 0 Å². The molecule has 136 valence electrons. The third kappa shape index (κ3) is 3.50. The minimum atomic E-state index is -1.13. The molecule has 2 atom stereocenters. The number of aliphatic carboxylic acids is 1. The average molecular weight is 392 g/mol. The zero-order chi connectivity index (χ0) is 19.0. The minimum Gasteiger partial charge on any atom is -0.480 e. The number of hydrogen-bond acceptors (Lipinski definition) is 6. The lowest BCUT2D eigenvalue weighted by Gasteiger charge is -2.21. The molecular weight excluding hydrogens is 376 g/mol. The lowest BCUT2D eigenvalue weighted by Crippen LogP contribution is -2.40. The number of amides is 2. The van der Waals surface area contributed by atoms with Gasteiger partial charge in [0, 0.05) is 25.6 Å². The SMILES string of the molecule is CN1C(=O)/C(=C\c2ccc(C(=O)N3C[C@@H](O)C[C@@H]3C(=O)O)cc2)SC1=S. The van der Waals surface area contributed by atoms with E-state index in [1.54, 1.807) is 37.4 Å². The fraction of sp³-hybridized carbons (Fsp3) is 0.294. The average Bonchev–Trinajstić information content (AvgIpc) is 3.11. The van der Waals surface area contributed by atoms with E-state index in [0.29, 0.717) is 14.8 Å². The largest absolute Gasteiger partial charge is 0.480 e. The number of benzene rings is 1.